The van der Waals surface area contributed by atoms with E-state index >= 15 is 0 Å². The number of alkyl halides is 3. The van der Waals surface area contributed by atoms with Crippen LogP contribution in [0, 0.1) is 6.92 Å². The van der Waals surface area contributed by atoms with Gasteiger partial charge in [-0.2, -0.15) is 0 Å². The van der Waals surface area contributed by atoms with E-state index in [1.54, 1.807) is 6.92 Å². The standard InChI is InChI=1S/C17H17F3N2O4S/c1-11-10-12(4-9-15(11)22(2)27(3,24)25)16(23)21-13-5-7-14(8-6-13)26-17(18,19)20/h4-10H,1-3H3,(H,21,23). The number of carbonyl (C=O) groups excluding carboxylic acids is 1. The van der Waals surface area contributed by atoms with Crippen LogP contribution < -0.4 is 14.4 Å². The summed E-state index contributed by atoms with van der Waals surface area (Å²) >= 11 is 0. The molecular formula is C17H17F3N2O4S. The second kappa shape index (κ2) is 7.47. The van der Waals surface area contributed by atoms with Crippen LogP contribution in [0.5, 0.6) is 5.75 Å². The minimum Gasteiger partial charge on any atom is -0.406 e. The highest BCUT2D eigenvalue weighted by Gasteiger charge is 2.31. The van der Waals surface area contributed by atoms with Crippen molar-refractivity contribution in [1.29, 1.82) is 0 Å². The van der Waals surface area contributed by atoms with Crippen molar-refractivity contribution < 1.29 is 31.1 Å². The van der Waals surface area contributed by atoms with Gasteiger partial charge >= 0.3 is 6.36 Å². The molecule has 6 nitrogen and oxygen atoms in total. The van der Waals surface area contributed by atoms with Gasteiger partial charge in [-0.3, -0.25) is 9.10 Å². The lowest BCUT2D eigenvalue weighted by Gasteiger charge is -2.19. The van der Waals surface area contributed by atoms with E-state index in [1.165, 1.54) is 37.4 Å². The fourth-order valence-corrected chi connectivity index (χ4v) is 2.83. The molecule has 0 atom stereocenters. The summed E-state index contributed by atoms with van der Waals surface area (Å²) in [5.41, 5.74) is 1.56. The second-order valence-corrected chi connectivity index (χ2v) is 7.77. The van der Waals surface area contributed by atoms with Gasteiger partial charge in [-0.05, 0) is 55.0 Å². The Balaban J connectivity index is 2.13. The Kier molecular flexibility index (Phi) is 5.69. The predicted molar refractivity (Wildman–Crippen MR) is 95.5 cm³/mol. The van der Waals surface area contributed by atoms with Crippen molar-refractivity contribution in [3.8, 4) is 5.75 Å². The number of halogens is 3. The van der Waals surface area contributed by atoms with Crippen molar-refractivity contribution in [2.75, 3.05) is 22.9 Å². The summed E-state index contributed by atoms with van der Waals surface area (Å²) in [5, 5.41) is 2.55. The van der Waals surface area contributed by atoms with E-state index in [0.29, 0.717) is 11.3 Å². The van der Waals surface area contributed by atoms with Crippen LogP contribution in [-0.2, 0) is 10.0 Å². The van der Waals surface area contributed by atoms with Crippen LogP contribution >= 0.6 is 0 Å². The minimum absolute atomic E-state index is 0.272. The Labute approximate surface area is 154 Å². The molecule has 0 saturated carbocycles. The van der Waals surface area contributed by atoms with Gasteiger partial charge in [0.15, 0.2) is 0 Å². The van der Waals surface area contributed by atoms with Crippen LogP contribution in [0.3, 0.4) is 0 Å². The van der Waals surface area contributed by atoms with E-state index in [1.807, 2.05) is 0 Å². The van der Waals surface area contributed by atoms with Gasteiger partial charge in [0.1, 0.15) is 5.75 Å². The number of sulfonamides is 1. The highest BCUT2D eigenvalue weighted by atomic mass is 32.2. The lowest BCUT2D eigenvalue weighted by Crippen LogP contribution is -2.25. The number of ether oxygens (including phenoxy) is 1. The first-order valence-electron chi connectivity index (χ1n) is 7.58. The molecule has 0 aromatic heterocycles. The van der Waals surface area contributed by atoms with Crippen LogP contribution in [0.25, 0.3) is 0 Å². The fraction of sp³-hybridized carbons (Fsp3) is 0.235. The molecule has 1 N–H and O–H groups in total. The lowest BCUT2D eigenvalue weighted by atomic mass is 10.1. The summed E-state index contributed by atoms with van der Waals surface area (Å²) in [5.74, 6) is -0.888. The molecule has 2 rings (SSSR count). The molecule has 1 amide bonds. The summed E-state index contributed by atoms with van der Waals surface area (Å²) < 4.78 is 64.5. The van der Waals surface area contributed by atoms with Crippen molar-refractivity contribution in [1.82, 2.24) is 0 Å². The van der Waals surface area contributed by atoms with Crippen molar-refractivity contribution in [3.63, 3.8) is 0 Å². The number of aryl methyl sites for hydroxylation is 1. The number of carbonyl (C=O) groups is 1. The van der Waals surface area contributed by atoms with Crippen molar-refractivity contribution in [2.45, 2.75) is 13.3 Å². The molecule has 0 aliphatic heterocycles. The molecule has 2 aromatic rings. The molecule has 0 fully saturated rings. The van der Waals surface area contributed by atoms with Gasteiger partial charge < -0.3 is 10.1 Å². The maximum atomic E-state index is 12.3. The first-order valence-corrected chi connectivity index (χ1v) is 9.43. The zero-order chi connectivity index (χ0) is 20.4. The maximum absolute atomic E-state index is 12.3. The number of benzene rings is 2. The van der Waals surface area contributed by atoms with Crippen LogP contribution in [-0.4, -0.2) is 34.0 Å². The van der Waals surface area contributed by atoms with E-state index in [0.717, 1.165) is 22.7 Å². The number of hydrogen-bond acceptors (Lipinski definition) is 4. The average molecular weight is 402 g/mol. The van der Waals surface area contributed by atoms with Gasteiger partial charge in [-0.1, -0.05) is 0 Å². The van der Waals surface area contributed by atoms with E-state index in [2.05, 4.69) is 10.1 Å². The topological polar surface area (TPSA) is 75.7 Å². The number of rotatable bonds is 5. The third kappa shape index (κ3) is 5.61. The zero-order valence-electron chi connectivity index (χ0n) is 14.7. The Bertz CT molecular complexity index is 942. The quantitative estimate of drug-likeness (QED) is 0.830. The van der Waals surface area contributed by atoms with Gasteiger partial charge in [0.25, 0.3) is 5.91 Å². The van der Waals surface area contributed by atoms with Crippen molar-refractivity contribution >= 4 is 27.3 Å². The Hall–Kier alpha value is -2.75. The highest BCUT2D eigenvalue weighted by Crippen LogP contribution is 2.25. The molecule has 0 unspecified atom stereocenters. The van der Waals surface area contributed by atoms with E-state index in [-0.39, 0.29) is 11.3 Å². The van der Waals surface area contributed by atoms with Crippen LogP contribution in [0.4, 0.5) is 24.5 Å². The molecule has 0 saturated heterocycles. The molecular weight excluding hydrogens is 385 g/mol. The minimum atomic E-state index is -4.79. The first kappa shape index (κ1) is 20.6. The lowest BCUT2D eigenvalue weighted by molar-refractivity contribution is -0.274. The number of nitrogens with one attached hydrogen (secondary N) is 1. The molecule has 0 aliphatic rings. The SMILES string of the molecule is Cc1cc(C(=O)Nc2ccc(OC(F)(F)F)cc2)ccc1N(C)S(C)(=O)=O. The molecule has 0 spiro atoms. The Morgan fingerprint density at radius 2 is 1.70 bits per heavy atom. The molecule has 0 bridgehead atoms. The third-order valence-corrected chi connectivity index (χ3v) is 4.83. The van der Waals surface area contributed by atoms with E-state index < -0.39 is 28.0 Å². The summed E-state index contributed by atoms with van der Waals surface area (Å²) in [6.07, 6.45) is -3.72. The number of amides is 1. The number of hydrogen-bond donors (Lipinski definition) is 1. The first-order chi connectivity index (χ1) is 12.4. The highest BCUT2D eigenvalue weighted by molar-refractivity contribution is 7.92. The normalized spacial score (nSPS) is 11.8. The molecule has 10 heteroatoms. The second-order valence-electron chi connectivity index (χ2n) is 5.76. The largest absolute Gasteiger partial charge is 0.573 e. The smallest absolute Gasteiger partial charge is 0.406 e. The molecule has 0 aliphatic carbocycles. The van der Waals surface area contributed by atoms with Crippen LogP contribution in [0.2, 0.25) is 0 Å². The van der Waals surface area contributed by atoms with Gasteiger partial charge in [0, 0.05) is 18.3 Å². The van der Waals surface area contributed by atoms with Crippen LogP contribution in [0.15, 0.2) is 42.5 Å². The summed E-state index contributed by atoms with van der Waals surface area (Å²) in [4.78, 5) is 12.3. The fourth-order valence-electron chi connectivity index (χ4n) is 2.27. The Morgan fingerprint density at radius 3 is 2.19 bits per heavy atom. The molecule has 146 valence electrons. The van der Waals surface area contributed by atoms with Gasteiger partial charge in [-0.15, -0.1) is 13.2 Å². The van der Waals surface area contributed by atoms with Gasteiger partial charge in [0.05, 0.1) is 11.9 Å². The summed E-state index contributed by atoms with van der Waals surface area (Å²) in [6.45, 7) is 1.66. The predicted octanol–water partition coefficient (Wildman–Crippen LogP) is 3.54. The zero-order valence-corrected chi connectivity index (χ0v) is 15.5. The average Bonchev–Trinajstić information content (AvgIpc) is 2.53. The van der Waals surface area contributed by atoms with Crippen LogP contribution in [0.1, 0.15) is 15.9 Å². The van der Waals surface area contributed by atoms with Crippen molar-refractivity contribution in [3.05, 3.63) is 53.6 Å². The molecule has 0 radical (unpaired) electrons. The molecule has 0 heterocycles. The summed E-state index contributed by atoms with van der Waals surface area (Å²) in [7, 11) is -2.03. The Morgan fingerprint density at radius 1 is 1.11 bits per heavy atom. The van der Waals surface area contributed by atoms with E-state index in [9.17, 15) is 26.4 Å². The molecule has 2 aromatic carbocycles. The molecule has 27 heavy (non-hydrogen) atoms. The summed E-state index contributed by atoms with van der Waals surface area (Å²) in [6, 6.07) is 9.20. The maximum Gasteiger partial charge on any atom is 0.573 e. The van der Waals surface area contributed by atoms with Gasteiger partial charge in [0.2, 0.25) is 10.0 Å². The van der Waals surface area contributed by atoms with E-state index in [4.69, 9.17) is 0 Å². The number of anilines is 2. The third-order valence-electron chi connectivity index (χ3n) is 3.64. The van der Waals surface area contributed by atoms with Gasteiger partial charge in [-0.25, -0.2) is 8.42 Å². The van der Waals surface area contributed by atoms with Crippen molar-refractivity contribution in [2.24, 2.45) is 0 Å². The monoisotopic (exact) mass is 402 g/mol. The number of nitrogens with zero attached hydrogens (tertiary/aromatic N) is 1.